The molecule has 0 aromatic rings. The van der Waals surface area contributed by atoms with E-state index in [4.69, 9.17) is 0 Å². The second-order valence-electron chi connectivity index (χ2n) is 13.6. The molecule has 0 heterocycles. The van der Waals surface area contributed by atoms with E-state index in [-0.39, 0.29) is 0 Å². The van der Waals surface area contributed by atoms with Crippen molar-refractivity contribution in [2.24, 2.45) is 0 Å². The second-order valence-corrected chi connectivity index (χ2v) is 13.6. The Kier molecular flexibility index (Phi) is 39.0. The predicted octanol–water partition coefficient (Wildman–Crippen LogP) is 14.9. The Balaban J connectivity index is 3.25. The van der Waals surface area contributed by atoms with Crippen molar-refractivity contribution < 1.29 is 0 Å². The summed E-state index contributed by atoms with van der Waals surface area (Å²) in [5.74, 6) is 0. The van der Waals surface area contributed by atoms with Crippen molar-refractivity contribution in [3.05, 3.63) is 48.6 Å². The summed E-state index contributed by atoms with van der Waals surface area (Å²) in [5.41, 5.74) is 0. The first kappa shape index (κ1) is 42.9. The van der Waals surface area contributed by atoms with E-state index in [0.29, 0.717) is 0 Å². The van der Waals surface area contributed by atoms with Crippen molar-refractivity contribution in [3.63, 3.8) is 0 Å². The van der Waals surface area contributed by atoms with Crippen LogP contribution in [0.25, 0.3) is 0 Å². The van der Waals surface area contributed by atoms with Crippen LogP contribution in [-0.4, -0.2) is 25.0 Å². The van der Waals surface area contributed by atoms with Gasteiger partial charge >= 0.3 is 0 Å². The number of hydrogen-bond acceptors (Lipinski definition) is 1. The predicted molar refractivity (Wildman–Crippen MR) is 204 cm³/mol. The summed E-state index contributed by atoms with van der Waals surface area (Å²) in [6.45, 7) is 7.14. The molecule has 0 amide bonds. The molecule has 0 aliphatic rings. The van der Waals surface area contributed by atoms with E-state index in [9.17, 15) is 0 Å². The van der Waals surface area contributed by atoms with Gasteiger partial charge in [-0.15, -0.1) is 0 Å². The molecule has 258 valence electrons. The first-order valence-electron chi connectivity index (χ1n) is 20.1. The number of nitrogens with zero attached hydrogens (tertiary/aromatic N) is 1. The molecule has 44 heavy (non-hydrogen) atoms. The van der Waals surface area contributed by atoms with Gasteiger partial charge in [-0.05, 0) is 97.2 Å². The average Bonchev–Trinajstić information content (AvgIpc) is 3.03. The third-order valence-electron chi connectivity index (χ3n) is 8.98. The van der Waals surface area contributed by atoms with Crippen LogP contribution in [0.2, 0.25) is 0 Å². The molecule has 0 aliphatic heterocycles. The standard InChI is InChI=1S/C43H81N/c1-4-6-8-10-12-14-16-18-20-22-24-26-28-30-32-34-36-38-40-42-44(3)43-41-39-37-35-33-31-29-27-25-23-21-19-17-15-13-11-9-7-5-2/h12-15,18-21H,4-11,16-17,22-43H2,1-3H3/b14-12-,15-13-,20-18-,21-19-. The Bertz CT molecular complexity index is 573. The van der Waals surface area contributed by atoms with E-state index in [1.165, 1.54) is 193 Å². The molecule has 0 rings (SSSR count). The zero-order valence-electron chi connectivity index (χ0n) is 30.7. The van der Waals surface area contributed by atoms with Crippen LogP contribution in [0.15, 0.2) is 48.6 Å². The van der Waals surface area contributed by atoms with Crippen LogP contribution < -0.4 is 0 Å². The monoisotopic (exact) mass is 612 g/mol. The molecule has 0 atom stereocenters. The van der Waals surface area contributed by atoms with E-state index in [2.05, 4.69) is 74.4 Å². The van der Waals surface area contributed by atoms with Crippen molar-refractivity contribution in [2.75, 3.05) is 20.1 Å². The van der Waals surface area contributed by atoms with Gasteiger partial charge in [-0.25, -0.2) is 0 Å². The minimum atomic E-state index is 1.12. The molecule has 0 unspecified atom stereocenters. The molecule has 1 heteroatoms. The molecule has 0 saturated carbocycles. The summed E-state index contributed by atoms with van der Waals surface area (Å²) in [5, 5.41) is 0. The molecule has 0 N–H and O–H groups in total. The molecule has 0 fully saturated rings. The van der Waals surface area contributed by atoms with Gasteiger partial charge in [-0.2, -0.15) is 0 Å². The fourth-order valence-corrected chi connectivity index (χ4v) is 5.91. The molecule has 0 bridgehead atoms. The van der Waals surface area contributed by atoms with Gasteiger partial charge in [0, 0.05) is 0 Å². The van der Waals surface area contributed by atoms with Crippen LogP contribution in [0.3, 0.4) is 0 Å². The highest BCUT2D eigenvalue weighted by atomic mass is 15.1. The smallest absolute Gasteiger partial charge is 0.00218 e. The number of allylic oxidation sites excluding steroid dienone is 8. The molecule has 0 spiro atoms. The van der Waals surface area contributed by atoms with Crippen LogP contribution in [-0.2, 0) is 0 Å². The Labute approximate surface area is 279 Å². The molecule has 0 saturated heterocycles. The van der Waals surface area contributed by atoms with Gasteiger partial charge < -0.3 is 4.90 Å². The first-order chi connectivity index (χ1) is 21.8. The first-order valence-corrected chi connectivity index (χ1v) is 20.1. The van der Waals surface area contributed by atoms with E-state index in [1.54, 1.807) is 0 Å². The topological polar surface area (TPSA) is 3.24 Å². The van der Waals surface area contributed by atoms with Crippen molar-refractivity contribution in [2.45, 2.75) is 206 Å². The van der Waals surface area contributed by atoms with Crippen molar-refractivity contribution in [3.8, 4) is 0 Å². The zero-order chi connectivity index (χ0) is 31.9. The third-order valence-corrected chi connectivity index (χ3v) is 8.98. The maximum absolute atomic E-state index is 2.58. The van der Waals surface area contributed by atoms with Gasteiger partial charge in [0.2, 0.25) is 0 Å². The van der Waals surface area contributed by atoms with Gasteiger partial charge in [0.1, 0.15) is 0 Å². The SMILES string of the molecule is CCCCC/C=C\C/C=C\CCCCCCCCCCCN(C)CCCCCCCCCCC/C=C\C/C=C\CCCCC. The number of rotatable bonds is 36. The van der Waals surface area contributed by atoms with E-state index < -0.39 is 0 Å². The summed E-state index contributed by atoms with van der Waals surface area (Å²) >= 11 is 0. The highest BCUT2D eigenvalue weighted by molar-refractivity contribution is 4.93. The van der Waals surface area contributed by atoms with E-state index >= 15 is 0 Å². The number of hydrogen-bond donors (Lipinski definition) is 0. The third kappa shape index (κ3) is 38.9. The van der Waals surface area contributed by atoms with Gasteiger partial charge in [0.25, 0.3) is 0 Å². The second kappa shape index (κ2) is 39.9. The highest BCUT2D eigenvalue weighted by Gasteiger charge is 1.99. The van der Waals surface area contributed by atoms with Crippen molar-refractivity contribution in [1.82, 2.24) is 4.90 Å². The summed E-state index contributed by atoms with van der Waals surface area (Å²) in [7, 11) is 2.33. The maximum Gasteiger partial charge on any atom is -0.00218 e. The van der Waals surface area contributed by atoms with Crippen LogP contribution in [0.5, 0.6) is 0 Å². The van der Waals surface area contributed by atoms with Crippen LogP contribution in [0.4, 0.5) is 0 Å². The van der Waals surface area contributed by atoms with Crippen LogP contribution >= 0.6 is 0 Å². The molecular weight excluding hydrogens is 530 g/mol. The lowest BCUT2D eigenvalue weighted by atomic mass is 10.1. The summed E-state index contributed by atoms with van der Waals surface area (Å²) in [4.78, 5) is 2.58. The van der Waals surface area contributed by atoms with Gasteiger partial charge in [-0.1, -0.05) is 178 Å². The Morgan fingerprint density at radius 3 is 0.841 bits per heavy atom. The van der Waals surface area contributed by atoms with Gasteiger partial charge in [0.05, 0.1) is 0 Å². The van der Waals surface area contributed by atoms with Crippen LogP contribution in [0, 0.1) is 0 Å². The van der Waals surface area contributed by atoms with Gasteiger partial charge in [-0.3, -0.25) is 0 Å². The lowest BCUT2D eigenvalue weighted by Gasteiger charge is -2.16. The quantitative estimate of drug-likeness (QED) is 0.0503. The Hall–Kier alpha value is -1.08. The van der Waals surface area contributed by atoms with Crippen molar-refractivity contribution >= 4 is 0 Å². The van der Waals surface area contributed by atoms with E-state index in [1.807, 2.05) is 0 Å². The largest absolute Gasteiger partial charge is 0.306 e. The lowest BCUT2D eigenvalue weighted by molar-refractivity contribution is 0.314. The Morgan fingerprint density at radius 1 is 0.295 bits per heavy atom. The van der Waals surface area contributed by atoms with Gasteiger partial charge in [0.15, 0.2) is 0 Å². The fraction of sp³-hybridized carbons (Fsp3) is 0.814. The normalized spacial score (nSPS) is 12.5. The molecular formula is C43H81N. The number of unbranched alkanes of at least 4 members (excludes halogenated alkanes) is 24. The lowest BCUT2D eigenvalue weighted by Crippen LogP contribution is -2.20. The molecule has 0 aliphatic carbocycles. The average molecular weight is 612 g/mol. The van der Waals surface area contributed by atoms with E-state index in [0.717, 1.165) is 12.8 Å². The molecule has 0 aromatic carbocycles. The minimum absolute atomic E-state index is 1.12. The zero-order valence-corrected chi connectivity index (χ0v) is 30.7. The van der Waals surface area contributed by atoms with Crippen molar-refractivity contribution in [1.29, 1.82) is 0 Å². The minimum Gasteiger partial charge on any atom is -0.306 e. The highest BCUT2D eigenvalue weighted by Crippen LogP contribution is 2.13. The summed E-state index contributed by atoms with van der Waals surface area (Å²) < 4.78 is 0. The summed E-state index contributed by atoms with van der Waals surface area (Å²) in [6, 6.07) is 0. The summed E-state index contributed by atoms with van der Waals surface area (Å²) in [6.07, 6.45) is 59.9. The molecule has 1 nitrogen and oxygen atoms in total. The molecule has 0 aromatic heterocycles. The Morgan fingerprint density at radius 2 is 0.545 bits per heavy atom. The fourth-order valence-electron chi connectivity index (χ4n) is 5.91. The maximum atomic E-state index is 2.58. The molecule has 0 radical (unpaired) electrons. The van der Waals surface area contributed by atoms with Crippen LogP contribution in [0.1, 0.15) is 206 Å².